The number of hydrogen-bond donors (Lipinski definition) is 1. The minimum Gasteiger partial charge on any atom is -0.467 e. The minimum absolute atomic E-state index is 0.917. The topological polar surface area (TPSA) is 78.6 Å². The van der Waals surface area contributed by atoms with Crippen molar-refractivity contribution in [2.24, 2.45) is 5.73 Å². The highest BCUT2D eigenvalue weighted by Gasteiger charge is 2.47. The maximum absolute atomic E-state index is 12.0. The van der Waals surface area contributed by atoms with Crippen LogP contribution in [0, 0.1) is 0 Å². The van der Waals surface area contributed by atoms with Crippen molar-refractivity contribution in [3.05, 3.63) is 0 Å². The van der Waals surface area contributed by atoms with Gasteiger partial charge in [0.1, 0.15) is 0 Å². The summed E-state index contributed by atoms with van der Waals surface area (Å²) in [5.74, 6) is -2.52. The van der Waals surface area contributed by atoms with Crippen molar-refractivity contribution in [3.8, 4) is 0 Å². The molecule has 8 heteroatoms. The van der Waals surface area contributed by atoms with Gasteiger partial charge in [-0.05, 0) is 6.42 Å². The van der Waals surface area contributed by atoms with Crippen LogP contribution in [0.4, 0.5) is 13.2 Å². The molecule has 2 N–H and O–H groups in total. The molecule has 94 valence electrons. The third-order valence-electron chi connectivity index (χ3n) is 1.90. The summed E-state index contributed by atoms with van der Waals surface area (Å²) in [6, 6.07) is 0. The third kappa shape index (κ3) is 3.69. The highest BCUT2D eigenvalue weighted by atomic mass is 19.4. The average Bonchev–Trinajstić information content (AvgIpc) is 2.22. The molecule has 0 atom stereocenters. The Kier molecular flexibility index (Phi) is 4.73. The van der Waals surface area contributed by atoms with E-state index in [9.17, 15) is 22.8 Å². The van der Waals surface area contributed by atoms with Crippen molar-refractivity contribution in [2.75, 3.05) is 14.2 Å². The molecular weight excluding hydrogens is 231 g/mol. The molecule has 16 heavy (non-hydrogen) atoms. The molecule has 0 aromatic carbocycles. The average molecular weight is 243 g/mol. The molecule has 0 heterocycles. The van der Waals surface area contributed by atoms with Crippen molar-refractivity contribution in [2.45, 2.75) is 24.6 Å². The molecule has 0 aliphatic rings. The van der Waals surface area contributed by atoms with Crippen LogP contribution in [-0.4, -0.2) is 37.9 Å². The molecule has 0 aliphatic carbocycles. The summed E-state index contributed by atoms with van der Waals surface area (Å²) in [4.78, 5) is 22.3. The molecule has 0 radical (unpaired) electrons. The number of nitrogens with two attached hydrogens (primary N) is 1. The van der Waals surface area contributed by atoms with Crippen LogP contribution in [0.1, 0.15) is 12.8 Å². The highest BCUT2D eigenvalue weighted by Crippen LogP contribution is 2.26. The molecule has 0 rings (SSSR count). The van der Waals surface area contributed by atoms with Gasteiger partial charge in [-0.25, -0.2) is 9.59 Å². The van der Waals surface area contributed by atoms with Crippen LogP contribution in [0.5, 0.6) is 0 Å². The van der Waals surface area contributed by atoms with E-state index < -0.39 is 36.5 Å². The van der Waals surface area contributed by atoms with E-state index in [0.717, 1.165) is 14.2 Å². The second-order valence-electron chi connectivity index (χ2n) is 3.07. The predicted molar refractivity (Wildman–Crippen MR) is 46.2 cm³/mol. The number of hydrogen-bond acceptors (Lipinski definition) is 5. The van der Waals surface area contributed by atoms with E-state index in [1.54, 1.807) is 0 Å². The van der Waals surface area contributed by atoms with Gasteiger partial charge in [-0.3, -0.25) is 0 Å². The van der Waals surface area contributed by atoms with E-state index in [1.165, 1.54) is 0 Å². The summed E-state index contributed by atoms with van der Waals surface area (Å²) in [5, 5.41) is 0. The molecule has 0 aromatic heterocycles. The number of alkyl halides is 3. The second kappa shape index (κ2) is 5.15. The second-order valence-corrected chi connectivity index (χ2v) is 3.07. The maximum Gasteiger partial charge on any atom is 0.389 e. The number of rotatable bonds is 4. The molecule has 0 saturated carbocycles. The fourth-order valence-electron chi connectivity index (χ4n) is 0.991. The largest absolute Gasteiger partial charge is 0.467 e. The summed E-state index contributed by atoms with van der Waals surface area (Å²) < 4.78 is 44.2. The van der Waals surface area contributed by atoms with E-state index in [1.807, 2.05) is 0 Å². The molecule has 0 unspecified atom stereocenters. The SMILES string of the molecule is COC(=O)C(N)(CCC(F)(F)F)C(=O)OC. The van der Waals surface area contributed by atoms with E-state index >= 15 is 0 Å². The zero-order valence-corrected chi connectivity index (χ0v) is 8.76. The molecule has 5 nitrogen and oxygen atoms in total. The van der Waals surface area contributed by atoms with Crippen molar-refractivity contribution in [1.29, 1.82) is 0 Å². The smallest absolute Gasteiger partial charge is 0.389 e. The van der Waals surface area contributed by atoms with Gasteiger partial charge >= 0.3 is 18.1 Å². The Bertz CT molecular complexity index is 261. The van der Waals surface area contributed by atoms with Crippen molar-refractivity contribution >= 4 is 11.9 Å². The monoisotopic (exact) mass is 243 g/mol. The lowest BCUT2D eigenvalue weighted by atomic mass is 9.94. The minimum atomic E-state index is -4.52. The number of halogens is 3. The number of carbonyl (C=O) groups excluding carboxylic acids is 2. The maximum atomic E-state index is 12.0. The van der Waals surface area contributed by atoms with Gasteiger partial charge in [0, 0.05) is 6.42 Å². The van der Waals surface area contributed by atoms with Gasteiger partial charge in [0.2, 0.25) is 5.54 Å². The van der Waals surface area contributed by atoms with Crippen molar-refractivity contribution in [1.82, 2.24) is 0 Å². The molecule has 0 saturated heterocycles. The first-order chi connectivity index (χ1) is 7.17. The molecule has 0 fully saturated rings. The Morgan fingerprint density at radius 2 is 1.44 bits per heavy atom. The first-order valence-electron chi connectivity index (χ1n) is 4.20. The lowest BCUT2D eigenvalue weighted by Crippen LogP contribution is -2.56. The zero-order valence-electron chi connectivity index (χ0n) is 8.76. The first kappa shape index (κ1) is 14.7. The first-order valence-corrected chi connectivity index (χ1v) is 4.20. The quantitative estimate of drug-likeness (QED) is 0.570. The van der Waals surface area contributed by atoms with E-state index in [4.69, 9.17) is 5.73 Å². The molecule has 0 aliphatic heterocycles. The summed E-state index contributed by atoms with van der Waals surface area (Å²) in [7, 11) is 1.83. The summed E-state index contributed by atoms with van der Waals surface area (Å²) in [6.07, 6.45) is -6.82. The molecule has 0 amide bonds. The summed E-state index contributed by atoms with van der Waals surface area (Å²) in [6.45, 7) is 0. The van der Waals surface area contributed by atoms with Crippen LogP contribution in [0.25, 0.3) is 0 Å². The van der Waals surface area contributed by atoms with Gasteiger partial charge in [0.05, 0.1) is 14.2 Å². The fourth-order valence-corrected chi connectivity index (χ4v) is 0.991. The van der Waals surface area contributed by atoms with Gasteiger partial charge in [0.25, 0.3) is 0 Å². The summed E-state index contributed by atoms with van der Waals surface area (Å²) in [5.41, 5.74) is 2.85. The van der Waals surface area contributed by atoms with Crippen molar-refractivity contribution in [3.63, 3.8) is 0 Å². The number of carbonyl (C=O) groups is 2. The fraction of sp³-hybridized carbons (Fsp3) is 0.750. The van der Waals surface area contributed by atoms with Gasteiger partial charge in [-0.15, -0.1) is 0 Å². The van der Waals surface area contributed by atoms with Gasteiger partial charge in [-0.2, -0.15) is 13.2 Å². The number of methoxy groups -OCH3 is 2. The Labute approximate surface area is 89.7 Å². The predicted octanol–water partition coefficient (Wildman–Crippen LogP) is 0.372. The Morgan fingerprint density at radius 1 is 1.06 bits per heavy atom. The highest BCUT2D eigenvalue weighted by molar-refractivity contribution is 6.04. The van der Waals surface area contributed by atoms with E-state index in [0.29, 0.717) is 0 Å². The molecule has 0 aromatic rings. The number of esters is 2. The van der Waals surface area contributed by atoms with Crippen LogP contribution in [-0.2, 0) is 19.1 Å². The van der Waals surface area contributed by atoms with Gasteiger partial charge in [0.15, 0.2) is 0 Å². The van der Waals surface area contributed by atoms with Gasteiger partial charge in [-0.1, -0.05) is 0 Å². The van der Waals surface area contributed by atoms with Crippen LogP contribution in [0.3, 0.4) is 0 Å². The lowest BCUT2D eigenvalue weighted by molar-refractivity contribution is -0.166. The zero-order chi connectivity index (χ0) is 13.0. The van der Waals surface area contributed by atoms with E-state index in [-0.39, 0.29) is 0 Å². The van der Waals surface area contributed by atoms with Crippen LogP contribution >= 0.6 is 0 Å². The third-order valence-corrected chi connectivity index (χ3v) is 1.90. The van der Waals surface area contributed by atoms with Crippen molar-refractivity contribution < 1.29 is 32.2 Å². The Morgan fingerprint density at radius 3 is 1.69 bits per heavy atom. The van der Waals surface area contributed by atoms with Gasteiger partial charge < -0.3 is 15.2 Å². The van der Waals surface area contributed by atoms with E-state index in [2.05, 4.69) is 9.47 Å². The Hall–Kier alpha value is -1.31. The van der Waals surface area contributed by atoms with Crippen LogP contribution < -0.4 is 5.73 Å². The molecule has 0 spiro atoms. The Balaban J connectivity index is 4.82. The molecular formula is C8H12F3NO4. The summed E-state index contributed by atoms with van der Waals surface area (Å²) >= 11 is 0. The van der Waals surface area contributed by atoms with Crippen LogP contribution in [0.15, 0.2) is 0 Å². The normalized spacial score (nSPS) is 12.1. The standard InChI is InChI=1S/C8H12F3NO4/c1-15-5(13)7(12,6(14)16-2)3-4-8(9,10)11/h3-4,12H2,1-2H3. The number of ether oxygens (including phenoxy) is 2. The van der Waals surface area contributed by atoms with Crippen LogP contribution in [0.2, 0.25) is 0 Å². The molecule has 0 bridgehead atoms. The lowest BCUT2D eigenvalue weighted by Gasteiger charge is -2.23.